The third-order valence-electron chi connectivity index (χ3n) is 4.34. The van der Waals surface area contributed by atoms with Crippen LogP contribution < -0.4 is 14.9 Å². The largest absolute Gasteiger partial charge is 0.483 e. The zero-order valence-corrected chi connectivity index (χ0v) is 19.2. The van der Waals surface area contributed by atoms with Gasteiger partial charge in [-0.25, -0.2) is 13.2 Å². The summed E-state index contributed by atoms with van der Waals surface area (Å²) < 4.78 is 76.6. The third-order valence-corrected chi connectivity index (χ3v) is 6.90. The van der Waals surface area contributed by atoms with Crippen molar-refractivity contribution in [1.82, 2.24) is 0 Å². The lowest BCUT2D eigenvalue weighted by Gasteiger charge is -2.31. The number of ether oxygens (including phenoxy) is 1. The monoisotopic (exact) mass is 553 g/mol. The average Bonchev–Trinajstić information content (AvgIpc) is 2.66. The van der Waals surface area contributed by atoms with E-state index in [1.165, 1.54) is 6.92 Å². The summed E-state index contributed by atoms with van der Waals surface area (Å²) in [4.78, 5) is 12.7. The van der Waals surface area contributed by atoms with Crippen LogP contribution in [0.4, 0.5) is 27.6 Å². The Kier molecular flexibility index (Phi) is 6.02. The van der Waals surface area contributed by atoms with Crippen LogP contribution in [-0.4, -0.2) is 12.0 Å². The predicted octanol–water partition coefficient (Wildman–Crippen LogP) is 5.58. The quantitative estimate of drug-likeness (QED) is 0.160. The maximum absolute atomic E-state index is 14.8. The highest BCUT2D eigenvalue weighted by Crippen LogP contribution is 2.44. The number of carbonyl (C=O) groups is 1. The van der Waals surface area contributed by atoms with Crippen LogP contribution in [0.3, 0.4) is 0 Å². The Balaban J connectivity index is 2.34. The molecule has 3 nitrogen and oxygen atoms in total. The second kappa shape index (κ2) is 7.94. The van der Waals surface area contributed by atoms with Crippen molar-refractivity contribution in [2.45, 2.75) is 26.9 Å². The summed E-state index contributed by atoms with van der Waals surface area (Å²) in [5.41, 5.74) is 2.18. The van der Waals surface area contributed by atoms with Crippen LogP contribution >= 0.6 is 31.8 Å². The first-order valence-corrected chi connectivity index (χ1v) is 10.1. The summed E-state index contributed by atoms with van der Waals surface area (Å²) >= 11 is 1.79. The van der Waals surface area contributed by atoms with E-state index in [0.29, 0.717) is 20.1 Å². The second-order valence-electron chi connectivity index (χ2n) is 6.72. The molecule has 3 rings (SSSR count). The van der Waals surface area contributed by atoms with Crippen LogP contribution in [0.2, 0.25) is 0 Å². The van der Waals surface area contributed by atoms with Crippen LogP contribution in [0, 0.1) is 27.9 Å². The van der Waals surface area contributed by atoms with Crippen LogP contribution in [0.5, 0.6) is 5.75 Å². The molecule has 1 aliphatic rings. The van der Waals surface area contributed by atoms with Crippen molar-refractivity contribution < 1.29 is 31.5 Å². The van der Waals surface area contributed by atoms with Gasteiger partial charge in [-0.15, -0.1) is 15.0 Å². The van der Waals surface area contributed by atoms with Gasteiger partial charge in [0.2, 0.25) is 0 Å². The molecule has 0 aliphatic carbocycles. The molecule has 0 spiro atoms. The Morgan fingerprint density at radius 3 is 2.47 bits per heavy atom. The molecule has 0 aromatic heterocycles. The molecule has 158 valence electrons. The van der Waals surface area contributed by atoms with Crippen LogP contribution in [0.1, 0.15) is 19.4 Å². The number of rotatable bonds is 2. The van der Waals surface area contributed by atoms with Gasteiger partial charge in [0.25, 0.3) is 0 Å². The highest BCUT2D eigenvalue weighted by Gasteiger charge is 2.50. The zero-order valence-electron chi connectivity index (χ0n) is 15.8. The Morgan fingerprint density at radius 2 is 1.87 bits per heavy atom. The van der Waals surface area contributed by atoms with E-state index in [2.05, 4.69) is 19.7 Å². The summed E-state index contributed by atoms with van der Waals surface area (Å²) in [5, 5.41) is 0.186. The first-order valence-electron chi connectivity index (χ1n) is 8.43. The molecule has 1 heterocycles. The van der Waals surface area contributed by atoms with Crippen molar-refractivity contribution in [1.29, 1.82) is 0 Å². The molecule has 1 unspecified atom stereocenters. The maximum Gasteiger partial charge on any atom is 0.483 e. The van der Waals surface area contributed by atoms with E-state index in [1.54, 1.807) is 36.4 Å². The molecule has 0 bridgehead atoms. The number of halogens is 6. The van der Waals surface area contributed by atoms with Gasteiger partial charge in [-0.2, -0.15) is 8.78 Å². The molecule has 0 radical (unpaired) electrons. The molecule has 10 heteroatoms. The second-order valence-corrected chi connectivity index (χ2v) is 8.38. The summed E-state index contributed by atoms with van der Waals surface area (Å²) in [5.74, 6) is -5.92. The number of fused-ring (bicyclic) bond motifs is 1. The molecule has 2 aromatic carbocycles. The first kappa shape index (κ1) is 22.7. The van der Waals surface area contributed by atoms with Gasteiger partial charge < -0.3 is 4.74 Å². The lowest BCUT2D eigenvalue weighted by atomic mass is 10.00. The van der Waals surface area contributed by atoms with E-state index >= 15 is 0 Å². The van der Waals surface area contributed by atoms with Gasteiger partial charge in [0, 0.05) is 26.3 Å². The Hall–Kier alpha value is -1.96. The van der Waals surface area contributed by atoms with Crippen molar-refractivity contribution in [3.63, 3.8) is 0 Å². The summed E-state index contributed by atoms with van der Waals surface area (Å²) in [6, 6.07) is 1.58. The molecular formula is C20H14F5INO2P. The normalized spacial score (nSPS) is 14.7. The van der Waals surface area contributed by atoms with E-state index in [0.717, 1.165) is 12.3 Å². The van der Waals surface area contributed by atoms with Gasteiger partial charge in [-0.1, -0.05) is 0 Å². The van der Waals surface area contributed by atoms with Crippen molar-refractivity contribution >= 4 is 48.7 Å². The summed E-state index contributed by atoms with van der Waals surface area (Å²) in [6.45, 7) is 4.63. The summed E-state index contributed by atoms with van der Waals surface area (Å²) in [7, 11) is 2.22. The van der Waals surface area contributed by atoms with Crippen molar-refractivity contribution in [2.75, 3.05) is 4.90 Å². The highest BCUT2D eigenvalue weighted by molar-refractivity contribution is 14.1. The van der Waals surface area contributed by atoms with Crippen LogP contribution in [-0.2, 0) is 4.79 Å². The standard InChI is InChI=1S/C20H14F5INO2P/c1-8(2)4-5-27-12-6-10(11(21)7-13(12)29-20(24,25)19(27)28)14-16(23)15(22)9(3)17(26)18(14)30/h5-7H,30H2,1-3H3. The molecular weight excluding hydrogens is 539 g/mol. The number of nitrogens with zero attached hydrogens (tertiary/aromatic N) is 1. The highest BCUT2D eigenvalue weighted by atomic mass is 127. The molecule has 1 atom stereocenters. The van der Waals surface area contributed by atoms with Gasteiger partial charge in [-0.3, -0.25) is 9.69 Å². The molecule has 1 aliphatic heterocycles. The molecule has 0 fully saturated rings. The van der Waals surface area contributed by atoms with Crippen molar-refractivity contribution in [3.8, 4) is 16.9 Å². The number of alkyl halides is 2. The lowest BCUT2D eigenvalue weighted by Crippen LogP contribution is -2.48. The van der Waals surface area contributed by atoms with Gasteiger partial charge in [0.05, 0.1) is 11.9 Å². The average molecular weight is 553 g/mol. The van der Waals surface area contributed by atoms with E-state index in [-0.39, 0.29) is 16.6 Å². The van der Waals surface area contributed by atoms with Gasteiger partial charge in [0.15, 0.2) is 17.4 Å². The smallest absolute Gasteiger partial charge is 0.423 e. The fourth-order valence-electron chi connectivity index (χ4n) is 2.82. The predicted molar refractivity (Wildman–Crippen MR) is 115 cm³/mol. The summed E-state index contributed by atoms with van der Waals surface area (Å²) in [6.07, 6.45) is -3.27. The maximum atomic E-state index is 14.8. The fraction of sp³-hybridized carbons (Fsp3) is 0.200. The number of hydrogen-bond acceptors (Lipinski definition) is 2. The topological polar surface area (TPSA) is 29.5 Å². The lowest BCUT2D eigenvalue weighted by molar-refractivity contribution is -0.192. The first-order chi connectivity index (χ1) is 13.9. The SMILES string of the molecule is CC(C)=C=CN1C(=O)C(F)(F)Oc2cc(F)c(-c3c(F)c(F)c(C)c(I)c3P)cc21. The number of allylic oxidation sites excluding steroid dienone is 1. The molecule has 0 saturated heterocycles. The van der Waals surface area contributed by atoms with Gasteiger partial charge in [0.1, 0.15) is 5.82 Å². The Morgan fingerprint density at radius 1 is 1.23 bits per heavy atom. The van der Waals surface area contributed by atoms with Gasteiger partial charge in [-0.05, 0) is 60.3 Å². The molecule has 30 heavy (non-hydrogen) atoms. The number of amides is 1. The molecule has 2 aromatic rings. The van der Waals surface area contributed by atoms with E-state index in [1.807, 2.05) is 0 Å². The Bertz CT molecular complexity index is 1130. The molecule has 0 N–H and O–H groups in total. The fourth-order valence-corrected chi connectivity index (χ4v) is 3.83. The number of hydrogen-bond donors (Lipinski definition) is 0. The number of benzene rings is 2. The van der Waals surface area contributed by atoms with Gasteiger partial charge >= 0.3 is 12.0 Å². The minimum atomic E-state index is -4.23. The minimum absolute atomic E-state index is 0.0477. The van der Waals surface area contributed by atoms with Crippen LogP contribution in [0.25, 0.3) is 11.1 Å². The van der Waals surface area contributed by atoms with E-state index in [9.17, 15) is 26.7 Å². The van der Waals surface area contributed by atoms with Crippen molar-refractivity contribution in [3.05, 3.63) is 56.2 Å². The number of carbonyl (C=O) groups excluding carboxylic acids is 1. The van der Waals surface area contributed by atoms with E-state index < -0.39 is 46.3 Å². The van der Waals surface area contributed by atoms with Crippen LogP contribution in [0.15, 0.2) is 29.6 Å². The zero-order chi connectivity index (χ0) is 22.5. The third kappa shape index (κ3) is 3.74. The number of anilines is 1. The van der Waals surface area contributed by atoms with Crippen molar-refractivity contribution in [2.24, 2.45) is 0 Å². The molecule has 0 saturated carbocycles. The minimum Gasteiger partial charge on any atom is -0.423 e. The molecule has 1 amide bonds. The Labute approximate surface area is 184 Å². The van der Waals surface area contributed by atoms with E-state index in [4.69, 9.17) is 0 Å².